The monoisotopic (exact) mass is 365 g/mol. The van der Waals surface area contributed by atoms with Crippen LogP contribution in [-0.2, 0) is 17.4 Å². The second kappa shape index (κ2) is 6.82. The van der Waals surface area contributed by atoms with E-state index in [1.165, 1.54) is 12.1 Å². The summed E-state index contributed by atoms with van der Waals surface area (Å²) in [7, 11) is 0. The van der Waals surface area contributed by atoms with Gasteiger partial charge in [-0.25, -0.2) is 4.98 Å². The van der Waals surface area contributed by atoms with E-state index in [0.717, 1.165) is 30.6 Å². The third-order valence-corrected chi connectivity index (χ3v) is 3.26. The molecular formula is C16H10F3N3O4. The number of H-pyrrole nitrogens is 1. The van der Waals surface area contributed by atoms with Crippen molar-refractivity contribution in [1.82, 2.24) is 15.2 Å². The highest BCUT2D eigenvalue weighted by Gasteiger charge is 2.30. The van der Waals surface area contributed by atoms with Crippen LogP contribution in [0.15, 0.2) is 47.1 Å². The quantitative estimate of drug-likeness (QED) is 0.532. The van der Waals surface area contributed by atoms with Gasteiger partial charge in [-0.2, -0.15) is 18.3 Å². The standard InChI is InChI=1S/C16H10F3N3O4/c17-16(18,19)9-1-3-10(4-2-9)25-13-6-5-11(26-13)7-12(23)14(24)15-20-8-21-22-15/h1-6,8H,7H2,(H,20,21,22). The molecule has 10 heteroatoms. The second-order valence-electron chi connectivity index (χ2n) is 5.11. The molecule has 3 aromatic rings. The highest BCUT2D eigenvalue weighted by Crippen LogP contribution is 2.31. The highest BCUT2D eigenvalue weighted by molar-refractivity contribution is 6.42. The van der Waals surface area contributed by atoms with E-state index in [1.54, 1.807) is 0 Å². The van der Waals surface area contributed by atoms with E-state index in [1.807, 2.05) is 0 Å². The Morgan fingerprint density at radius 2 is 1.85 bits per heavy atom. The first-order valence-electron chi connectivity index (χ1n) is 7.19. The maximum atomic E-state index is 12.5. The first-order valence-corrected chi connectivity index (χ1v) is 7.19. The maximum Gasteiger partial charge on any atom is 0.416 e. The van der Waals surface area contributed by atoms with E-state index in [2.05, 4.69) is 15.2 Å². The highest BCUT2D eigenvalue weighted by atomic mass is 19.4. The lowest BCUT2D eigenvalue weighted by Gasteiger charge is -2.07. The lowest BCUT2D eigenvalue weighted by atomic mass is 10.1. The van der Waals surface area contributed by atoms with Gasteiger partial charge < -0.3 is 9.15 Å². The fourth-order valence-electron chi connectivity index (χ4n) is 2.02. The molecule has 0 saturated heterocycles. The smallest absolute Gasteiger partial charge is 0.416 e. The van der Waals surface area contributed by atoms with Crippen LogP contribution in [0.1, 0.15) is 21.9 Å². The van der Waals surface area contributed by atoms with E-state index in [9.17, 15) is 22.8 Å². The van der Waals surface area contributed by atoms with Crippen LogP contribution in [0.5, 0.6) is 11.7 Å². The number of ketones is 2. The average Bonchev–Trinajstić information content (AvgIpc) is 3.26. The zero-order valence-corrected chi connectivity index (χ0v) is 12.9. The molecule has 134 valence electrons. The van der Waals surface area contributed by atoms with Gasteiger partial charge in [0.1, 0.15) is 17.8 Å². The van der Waals surface area contributed by atoms with Crippen LogP contribution in [-0.4, -0.2) is 26.7 Å². The van der Waals surface area contributed by atoms with Gasteiger partial charge in [0.15, 0.2) is 5.82 Å². The SMILES string of the molecule is O=C(Cc1ccc(Oc2ccc(C(F)(F)F)cc2)o1)C(=O)c1ncn[nH]1. The van der Waals surface area contributed by atoms with Crippen molar-refractivity contribution in [2.75, 3.05) is 0 Å². The molecule has 26 heavy (non-hydrogen) atoms. The molecule has 2 heterocycles. The number of hydrogen-bond acceptors (Lipinski definition) is 6. The number of benzene rings is 1. The Hall–Kier alpha value is -3.43. The molecule has 0 saturated carbocycles. The second-order valence-corrected chi connectivity index (χ2v) is 5.11. The van der Waals surface area contributed by atoms with Crippen molar-refractivity contribution >= 4 is 11.6 Å². The lowest BCUT2D eigenvalue weighted by molar-refractivity contribution is -0.137. The number of nitrogens with one attached hydrogen (secondary N) is 1. The Bertz CT molecular complexity index is 915. The minimum absolute atomic E-state index is 0.0281. The van der Waals surface area contributed by atoms with Crippen molar-refractivity contribution < 1.29 is 31.9 Å². The van der Waals surface area contributed by atoms with E-state index in [-0.39, 0.29) is 29.7 Å². The van der Waals surface area contributed by atoms with Crippen molar-refractivity contribution in [3.05, 3.63) is 59.9 Å². The molecule has 7 nitrogen and oxygen atoms in total. The van der Waals surface area contributed by atoms with Crippen molar-refractivity contribution in [2.45, 2.75) is 12.6 Å². The number of ether oxygens (including phenoxy) is 1. The fraction of sp³-hybridized carbons (Fsp3) is 0.125. The molecule has 3 rings (SSSR count). The summed E-state index contributed by atoms with van der Waals surface area (Å²) in [5, 5.41) is 5.77. The molecule has 1 N–H and O–H groups in total. The number of nitrogens with zero attached hydrogens (tertiary/aromatic N) is 2. The molecule has 0 atom stereocenters. The Balaban J connectivity index is 1.63. The summed E-state index contributed by atoms with van der Waals surface area (Å²) in [5.41, 5.74) is -0.804. The summed E-state index contributed by atoms with van der Waals surface area (Å²) in [6.07, 6.45) is -3.66. The van der Waals surface area contributed by atoms with Crippen LogP contribution < -0.4 is 4.74 Å². The van der Waals surface area contributed by atoms with Crippen molar-refractivity contribution in [3.8, 4) is 11.7 Å². The van der Waals surface area contributed by atoms with Gasteiger partial charge in [0.25, 0.3) is 11.7 Å². The number of alkyl halides is 3. The summed E-state index contributed by atoms with van der Waals surface area (Å²) in [6, 6.07) is 6.84. The molecule has 0 spiro atoms. The molecule has 0 fully saturated rings. The average molecular weight is 365 g/mol. The zero-order chi connectivity index (χ0) is 18.7. The van der Waals surface area contributed by atoms with Gasteiger partial charge in [0.05, 0.1) is 12.0 Å². The van der Waals surface area contributed by atoms with Crippen LogP contribution in [0.2, 0.25) is 0 Å². The summed E-state index contributed by atoms with van der Waals surface area (Å²) in [5.74, 6) is -1.53. The van der Waals surface area contributed by atoms with E-state index < -0.39 is 23.3 Å². The minimum Gasteiger partial charge on any atom is -0.430 e. The Labute approximate surface area is 143 Å². The Morgan fingerprint density at radius 1 is 1.12 bits per heavy atom. The molecule has 0 unspecified atom stereocenters. The molecular weight excluding hydrogens is 355 g/mol. The lowest BCUT2D eigenvalue weighted by Crippen LogP contribution is -2.17. The number of carbonyl (C=O) groups excluding carboxylic acids is 2. The summed E-state index contributed by atoms with van der Waals surface area (Å²) < 4.78 is 48.1. The number of halogens is 3. The van der Waals surface area contributed by atoms with E-state index in [4.69, 9.17) is 9.15 Å². The molecule has 0 amide bonds. The predicted molar refractivity (Wildman–Crippen MR) is 79.7 cm³/mol. The fourth-order valence-corrected chi connectivity index (χ4v) is 2.02. The van der Waals surface area contributed by atoms with Crippen molar-refractivity contribution in [2.24, 2.45) is 0 Å². The molecule has 0 aliphatic heterocycles. The van der Waals surface area contributed by atoms with Crippen LogP contribution >= 0.6 is 0 Å². The molecule has 0 aliphatic rings. The summed E-state index contributed by atoms with van der Waals surface area (Å²) >= 11 is 0. The Kier molecular flexibility index (Phi) is 4.57. The topological polar surface area (TPSA) is 98.1 Å². The number of rotatable bonds is 6. The van der Waals surface area contributed by atoms with Crippen LogP contribution in [0, 0.1) is 0 Å². The van der Waals surface area contributed by atoms with Crippen molar-refractivity contribution in [1.29, 1.82) is 0 Å². The number of Topliss-reactive ketones (excluding diaryl/α,β-unsaturated/α-hetero) is 2. The third kappa shape index (κ3) is 3.97. The minimum atomic E-state index is -4.44. The first-order chi connectivity index (χ1) is 12.3. The van der Waals surface area contributed by atoms with Crippen LogP contribution in [0.4, 0.5) is 13.2 Å². The zero-order valence-electron chi connectivity index (χ0n) is 12.9. The van der Waals surface area contributed by atoms with E-state index >= 15 is 0 Å². The molecule has 0 aliphatic carbocycles. The first kappa shape index (κ1) is 17.4. The maximum absolute atomic E-state index is 12.5. The third-order valence-electron chi connectivity index (χ3n) is 3.26. The number of furan rings is 1. The van der Waals surface area contributed by atoms with Gasteiger partial charge in [-0.1, -0.05) is 0 Å². The number of hydrogen-bond donors (Lipinski definition) is 1. The largest absolute Gasteiger partial charge is 0.430 e. The van der Waals surface area contributed by atoms with Gasteiger partial charge in [-0.05, 0) is 30.3 Å². The van der Waals surface area contributed by atoms with E-state index in [0.29, 0.717) is 0 Å². The van der Waals surface area contributed by atoms with Gasteiger partial charge >= 0.3 is 6.18 Å². The Morgan fingerprint density at radius 3 is 2.46 bits per heavy atom. The summed E-state index contributed by atoms with van der Waals surface area (Å²) in [6.45, 7) is 0. The molecule has 0 bridgehead atoms. The molecule has 2 aromatic heterocycles. The van der Waals surface area contributed by atoms with Crippen LogP contribution in [0.25, 0.3) is 0 Å². The van der Waals surface area contributed by atoms with Crippen LogP contribution in [0.3, 0.4) is 0 Å². The normalized spacial score (nSPS) is 11.3. The van der Waals surface area contributed by atoms with Crippen molar-refractivity contribution in [3.63, 3.8) is 0 Å². The van der Waals surface area contributed by atoms with Gasteiger partial charge in [-0.15, -0.1) is 0 Å². The van der Waals surface area contributed by atoms with Gasteiger partial charge in [0, 0.05) is 6.07 Å². The number of aromatic nitrogens is 3. The van der Waals surface area contributed by atoms with Gasteiger partial charge in [-0.3, -0.25) is 14.7 Å². The number of aromatic amines is 1. The molecule has 0 radical (unpaired) electrons. The number of carbonyl (C=O) groups is 2. The predicted octanol–water partition coefficient (Wildman–Crippen LogP) is 3.20. The molecule has 1 aromatic carbocycles. The van der Waals surface area contributed by atoms with Gasteiger partial charge in [0.2, 0.25) is 5.78 Å². The summed E-state index contributed by atoms with van der Waals surface area (Å²) in [4.78, 5) is 27.2.